The largest absolute Gasteiger partial charge is 0.461 e. The Morgan fingerprint density at radius 1 is 1.24 bits per heavy atom. The summed E-state index contributed by atoms with van der Waals surface area (Å²) in [6.07, 6.45) is 9.87. The van der Waals surface area contributed by atoms with Crippen LogP contribution in [0.3, 0.4) is 0 Å². The third kappa shape index (κ3) is 4.47. The summed E-state index contributed by atoms with van der Waals surface area (Å²) in [6.45, 7) is 2.07. The molecule has 0 aliphatic heterocycles. The van der Waals surface area contributed by atoms with Crippen molar-refractivity contribution < 1.29 is 13.9 Å². The summed E-state index contributed by atoms with van der Waals surface area (Å²) in [5, 5.41) is 3.29. The average molecular weight is 395 g/mol. The van der Waals surface area contributed by atoms with Gasteiger partial charge in [0.15, 0.2) is 5.69 Å². The van der Waals surface area contributed by atoms with Gasteiger partial charge in [-0.3, -0.25) is 9.97 Å². The van der Waals surface area contributed by atoms with Crippen LogP contribution < -0.4 is 11.1 Å². The molecule has 0 spiro atoms. The molecular weight excluding hydrogens is 370 g/mol. The van der Waals surface area contributed by atoms with Gasteiger partial charge in [-0.1, -0.05) is 0 Å². The molecule has 2 aromatic heterocycles. The van der Waals surface area contributed by atoms with Crippen LogP contribution in [0.1, 0.15) is 48.7 Å². The highest BCUT2D eigenvalue weighted by Gasteiger charge is 2.24. The van der Waals surface area contributed by atoms with Gasteiger partial charge in [0.1, 0.15) is 6.26 Å². The van der Waals surface area contributed by atoms with E-state index in [1.54, 1.807) is 19.3 Å². The number of nitrogens with two attached hydrogens (primary N) is 1. The van der Waals surface area contributed by atoms with Gasteiger partial charge in [-0.2, -0.15) is 4.98 Å². The molecule has 4 rings (SSSR count). The molecule has 0 bridgehead atoms. The quantitative estimate of drug-likeness (QED) is 0.480. The van der Waals surface area contributed by atoms with Gasteiger partial charge in [0.25, 0.3) is 6.01 Å². The number of nitrogens with zero attached hydrogens (tertiary/aromatic N) is 3. The lowest BCUT2D eigenvalue weighted by Gasteiger charge is -2.28. The van der Waals surface area contributed by atoms with E-state index in [9.17, 15) is 4.79 Å². The van der Waals surface area contributed by atoms with Crippen molar-refractivity contribution in [3.63, 3.8) is 0 Å². The first kappa shape index (κ1) is 19.2. The Kier molecular flexibility index (Phi) is 5.59. The Labute approximate surface area is 168 Å². The van der Waals surface area contributed by atoms with Gasteiger partial charge in [-0.25, -0.2) is 4.79 Å². The fourth-order valence-electron chi connectivity index (χ4n) is 3.96. The fourth-order valence-corrected chi connectivity index (χ4v) is 3.96. The molecule has 1 aliphatic rings. The van der Waals surface area contributed by atoms with Crippen LogP contribution in [0.4, 0.5) is 11.7 Å². The Morgan fingerprint density at radius 3 is 2.83 bits per heavy atom. The molecule has 0 amide bonds. The third-order valence-electron chi connectivity index (χ3n) is 5.35. The summed E-state index contributed by atoms with van der Waals surface area (Å²) in [7, 11) is 0. The topological polar surface area (TPSA) is 116 Å². The summed E-state index contributed by atoms with van der Waals surface area (Å²) in [5.41, 5.74) is 9.92. The number of oxazole rings is 1. The fraction of sp³-hybridized carbons (Fsp3) is 0.429. The molecule has 1 saturated carbocycles. The van der Waals surface area contributed by atoms with E-state index < -0.39 is 5.97 Å². The van der Waals surface area contributed by atoms with Crippen LogP contribution in [0.15, 0.2) is 35.2 Å². The van der Waals surface area contributed by atoms with Gasteiger partial charge >= 0.3 is 5.97 Å². The number of nitrogens with one attached hydrogen (secondary N) is 1. The summed E-state index contributed by atoms with van der Waals surface area (Å²) in [6, 6.07) is 4.53. The summed E-state index contributed by atoms with van der Waals surface area (Å²) in [4.78, 5) is 24.7. The lowest BCUT2D eigenvalue weighted by Crippen LogP contribution is -2.27. The number of carbonyl (C=O) groups is 1. The first-order chi connectivity index (χ1) is 14.1. The van der Waals surface area contributed by atoms with Gasteiger partial charge < -0.3 is 20.2 Å². The summed E-state index contributed by atoms with van der Waals surface area (Å²) < 4.78 is 10.3. The van der Waals surface area contributed by atoms with Crippen LogP contribution in [0.2, 0.25) is 0 Å². The third-order valence-corrected chi connectivity index (χ3v) is 5.35. The van der Waals surface area contributed by atoms with Gasteiger partial charge in [0.2, 0.25) is 0 Å². The van der Waals surface area contributed by atoms with E-state index in [-0.39, 0.29) is 11.7 Å². The molecule has 0 unspecified atom stereocenters. The molecule has 0 radical (unpaired) electrons. The van der Waals surface area contributed by atoms with Crippen molar-refractivity contribution in [1.82, 2.24) is 15.0 Å². The zero-order valence-corrected chi connectivity index (χ0v) is 16.4. The number of nitrogen functional groups attached to an aromatic ring is 1. The monoisotopic (exact) mass is 395 g/mol. The summed E-state index contributed by atoms with van der Waals surface area (Å²) in [5.74, 6) is 0.102. The van der Waals surface area contributed by atoms with E-state index in [0.717, 1.165) is 54.4 Å². The number of fused-ring (bicyclic) bond motifs is 1. The van der Waals surface area contributed by atoms with Crippen molar-refractivity contribution in [2.45, 2.75) is 45.1 Å². The average Bonchev–Trinajstić information content (AvgIpc) is 3.18. The first-order valence-corrected chi connectivity index (χ1v) is 10.0. The van der Waals surface area contributed by atoms with Crippen molar-refractivity contribution in [3.8, 4) is 0 Å². The molecule has 0 atom stereocenters. The predicted molar refractivity (Wildman–Crippen MR) is 109 cm³/mol. The van der Waals surface area contributed by atoms with Crippen LogP contribution in [0.5, 0.6) is 0 Å². The number of aromatic nitrogens is 3. The SMILES string of the molecule is CCOC(=O)c1coc(NC2CCC(Cc3cc(N)cc4nccnc34)CC2)n1. The molecule has 1 fully saturated rings. The van der Waals surface area contributed by atoms with E-state index in [1.165, 1.54) is 6.26 Å². The molecule has 3 aromatic rings. The lowest BCUT2D eigenvalue weighted by atomic mass is 9.82. The summed E-state index contributed by atoms with van der Waals surface area (Å²) >= 11 is 0. The second kappa shape index (κ2) is 8.46. The van der Waals surface area contributed by atoms with E-state index in [2.05, 4.69) is 20.3 Å². The van der Waals surface area contributed by atoms with Crippen LogP contribution in [-0.2, 0) is 11.2 Å². The normalized spacial score (nSPS) is 19.2. The minimum Gasteiger partial charge on any atom is -0.461 e. The van der Waals surface area contributed by atoms with Gasteiger partial charge in [0.05, 0.1) is 17.6 Å². The van der Waals surface area contributed by atoms with E-state index in [4.69, 9.17) is 14.9 Å². The van der Waals surface area contributed by atoms with Crippen LogP contribution in [0.25, 0.3) is 11.0 Å². The second-order valence-electron chi connectivity index (χ2n) is 7.43. The number of esters is 1. The van der Waals surface area contributed by atoms with Crippen LogP contribution >= 0.6 is 0 Å². The molecule has 1 aromatic carbocycles. The van der Waals surface area contributed by atoms with Crippen LogP contribution in [0, 0.1) is 5.92 Å². The number of ether oxygens (including phenoxy) is 1. The van der Waals surface area contributed by atoms with Crippen molar-refractivity contribution >= 4 is 28.7 Å². The molecule has 1 aliphatic carbocycles. The van der Waals surface area contributed by atoms with Crippen molar-refractivity contribution in [1.29, 1.82) is 0 Å². The Bertz CT molecular complexity index is 995. The standard InChI is InChI=1S/C21H25N5O3/c1-2-28-20(27)18-12-29-21(26-18)25-16-5-3-13(4-6-16)9-14-10-15(22)11-17-19(14)24-8-7-23-17/h7-8,10-13,16H,2-6,9,22H2,1H3,(H,25,26). The molecule has 0 saturated heterocycles. The number of hydrogen-bond acceptors (Lipinski definition) is 8. The van der Waals surface area contributed by atoms with Crippen molar-refractivity contribution in [3.05, 3.63) is 42.0 Å². The lowest BCUT2D eigenvalue weighted by molar-refractivity contribution is 0.0519. The molecular formula is C21H25N5O3. The number of carbonyl (C=O) groups excluding carboxylic acids is 1. The van der Waals surface area contributed by atoms with Crippen LogP contribution in [-0.4, -0.2) is 33.6 Å². The van der Waals surface area contributed by atoms with Gasteiger partial charge in [-0.05, 0) is 62.6 Å². The van der Waals surface area contributed by atoms with Crippen molar-refractivity contribution in [2.24, 2.45) is 5.92 Å². The highest BCUT2D eigenvalue weighted by molar-refractivity contribution is 5.87. The number of rotatable bonds is 6. The molecule has 2 heterocycles. The number of anilines is 2. The smallest absolute Gasteiger partial charge is 0.360 e. The maximum Gasteiger partial charge on any atom is 0.360 e. The zero-order chi connectivity index (χ0) is 20.2. The van der Waals surface area contributed by atoms with E-state index in [1.807, 2.05) is 12.1 Å². The molecule has 3 N–H and O–H groups in total. The minimum atomic E-state index is -0.467. The molecule has 8 heteroatoms. The molecule has 152 valence electrons. The number of benzene rings is 1. The number of hydrogen-bond donors (Lipinski definition) is 2. The van der Waals surface area contributed by atoms with E-state index >= 15 is 0 Å². The highest BCUT2D eigenvalue weighted by atomic mass is 16.5. The maximum atomic E-state index is 11.7. The first-order valence-electron chi connectivity index (χ1n) is 10.0. The Morgan fingerprint density at radius 2 is 2.03 bits per heavy atom. The van der Waals surface area contributed by atoms with E-state index in [0.29, 0.717) is 18.5 Å². The minimum absolute atomic E-state index is 0.192. The zero-order valence-electron chi connectivity index (χ0n) is 16.4. The van der Waals surface area contributed by atoms with Gasteiger partial charge in [0, 0.05) is 24.1 Å². The Balaban J connectivity index is 1.34. The maximum absolute atomic E-state index is 11.7. The van der Waals surface area contributed by atoms with Gasteiger partial charge in [-0.15, -0.1) is 0 Å². The molecule has 8 nitrogen and oxygen atoms in total. The Hall–Kier alpha value is -3.16. The second-order valence-corrected chi connectivity index (χ2v) is 7.43. The van der Waals surface area contributed by atoms with Crippen molar-refractivity contribution in [2.75, 3.05) is 17.7 Å². The molecule has 29 heavy (non-hydrogen) atoms. The highest BCUT2D eigenvalue weighted by Crippen LogP contribution is 2.31. The predicted octanol–water partition coefficient (Wildman–Crippen LogP) is 3.59.